The molecule has 0 bridgehead atoms. The molecule has 2 heteroatoms. The zero-order chi connectivity index (χ0) is 13.1. The molecule has 0 saturated heterocycles. The van der Waals surface area contributed by atoms with Crippen LogP contribution in [0.4, 0.5) is 0 Å². The monoisotopic (exact) mass is 248 g/mol. The van der Waals surface area contributed by atoms with Gasteiger partial charge in [-0.15, -0.1) is 0 Å². The van der Waals surface area contributed by atoms with Gasteiger partial charge in [0.1, 0.15) is 5.75 Å². The number of hydrogen-bond donors (Lipinski definition) is 1. The lowest BCUT2D eigenvalue weighted by Crippen LogP contribution is -2.18. The molecule has 1 aliphatic rings. The van der Waals surface area contributed by atoms with Crippen molar-refractivity contribution in [2.24, 2.45) is 0 Å². The van der Waals surface area contributed by atoms with Crippen LogP contribution in [0, 0.1) is 13.8 Å². The Hall–Kier alpha value is -1.02. The molecular formula is C16H24O2. The van der Waals surface area contributed by atoms with E-state index in [1.54, 1.807) is 7.11 Å². The maximum absolute atomic E-state index is 10.4. The Kier molecular flexibility index (Phi) is 4.28. The topological polar surface area (TPSA) is 29.5 Å². The zero-order valence-corrected chi connectivity index (χ0v) is 11.7. The fraction of sp³-hybridized carbons (Fsp3) is 0.625. The lowest BCUT2D eigenvalue weighted by atomic mass is 9.85. The summed E-state index contributed by atoms with van der Waals surface area (Å²) in [6.07, 6.45) is 5.36. The highest BCUT2D eigenvalue weighted by atomic mass is 16.5. The van der Waals surface area contributed by atoms with Crippen LogP contribution in [0.1, 0.15) is 54.7 Å². The number of methoxy groups -OCH3 is 1. The molecule has 2 unspecified atom stereocenters. The normalized spacial score (nSPS) is 24.7. The van der Waals surface area contributed by atoms with Gasteiger partial charge in [-0.2, -0.15) is 0 Å². The van der Waals surface area contributed by atoms with Crippen molar-refractivity contribution in [3.63, 3.8) is 0 Å². The van der Waals surface area contributed by atoms with Gasteiger partial charge in [0.15, 0.2) is 0 Å². The summed E-state index contributed by atoms with van der Waals surface area (Å²) in [6, 6.07) is 4.27. The molecule has 1 fully saturated rings. The highest BCUT2D eigenvalue weighted by molar-refractivity contribution is 5.45. The van der Waals surface area contributed by atoms with Crippen molar-refractivity contribution in [1.29, 1.82) is 0 Å². The van der Waals surface area contributed by atoms with E-state index in [9.17, 15) is 5.11 Å². The van der Waals surface area contributed by atoms with E-state index in [4.69, 9.17) is 4.74 Å². The van der Waals surface area contributed by atoms with E-state index in [1.165, 1.54) is 29.5 Å². The van der Waals surface area contributed by atoms with Gasteiger partial charge in [-0.25, -0.2) is 0 Å². The summed E-state index contributed by atoms with van der Waals surface area (Å²) in [7, 11) is 1.72. The SMILES string of the molecule is COc1cc(C)cc(C)c1C1CCCCCC1O. The van der Waals surface area contributed by atoms with Gasteiger partial charge in [0.25, 0.3) is 0 Å². The molecule has 0 spiro atoms. The first-order valence-corrected chi connectivity index (χ1v) is 6.96. The first-order chi connectivity index (χ1) is 8.63. The Balaban J connectivity index is 2.41. The van der Waals surface area contributed by atoms with Crippen LogP contribution in [0.5, 0.6) is 5.75 Å². The fourth-order valence-electron chi connectivity index (χ4n) is 3.21. The third-order valence-corrected chi connectivity index (χ3v) is 4.06. The number of hydrogen-bond acceptors (Lipinski definition) is 2. The summed E-state index contributed by atoms with van der Waals surface area (Å²) in [5.41, 5.74) is 3.69. The summed E-state index contributed by atoms with van der Waals surface area (Å²) < 4.78 is 5.54. The molecule has 2 nitrogen and oxygen atoms in total. The van der Waals surface area contributed by atoms with Crippen LogP contribution in [0.2, 0.25) is 0 Å². The number of aryl methyl sites for hydroxylation is 2. The van der Waals surface area contributed by atoms with E-state index < -0.39 is 0 Å². The van der Waals surface area contributed by atoms with Crippen molar-refractivity contribution >= 4 is 0 Å². The lowest BCUT2D eigenvalue weighted by molar-refractivity contribution is 0.133. The lowest BCUT2D eigenvalue weighted by Gasteiger charge is -2.25. The van der Waals surface area contributed by atoms with E-state index >= 15 is 0 Å². The maximum Gasteiger partial charge on any atom is 0.122 e. The van der Waals surface area contributed by atoms with Crippen molar-refractivity contribution in [3.05, 3.63) is 28.8 Å². The molecule has 0 aromatic heterocycles. The molecule has 1 aliphatic carbocycles. The highest BCUT2D eigenvalue weighted by Crippen LogP contribution is 2.39. The molecule has 0 heterocycles. The van der Waals surface area contributed by atoms with Crippen LogP contribution in [-0.2, 0) is 0 Å². The van der Waals surface area contributed by atoms with E-state index in [0.717, 1.165) is 25.0 Å². The summed E-state index contributed by atoms with van der Waals surface area (Å²) in [5.74, 6) is 1.18. The molecule has 0 amide bonds. The molecule has 2 atom stereocenters. The van der Waals surface area contributed by atoms with E-state index in [1.807, 2.05) is 0 Å². The Morgan fingerprint density at radius 1 is 1.11 bits per heavy atom. The summed E-state index contributed by atoms with van der Waals surface area (Å²) in [4.78, 5) is 0. The minimum atomic E-state index is -0.220. The highest BCUT2D eigenvalue weighted by Gasteiger charge is 2.27. The average molecular weight is 248 g/mol. The van der Waals surface area contributed by atoms with Crippen molar-refractivity contribution < 1.29 is 9.84 Å². The predicted octanol–water partition coefficient (Wildman–Crippen LogP) is 3.72. The van der Waals surface area contributed by atoms with Gasteiger partial charge >= 0.3 is 0 Å². The van der Waals surface area contributed by atoms with Crippen LogP contribution in [0.15, 0.2) is 12.1 Å². The summed E-state index contributed by atoms with van der Waals surface area (Å²) >= 11 is 0. The van der Waals surface area contributed by atoms with Gasteiger partial charge in [0.05, 0.1) is 13.2 Å². The second kappa shape index (κ2) is 5.75. The minimum Gasteiger partial charge on any atom is -0.496 e. The van der Waals surface area contributed by atoms with Crippen LogP contribution < -0.4 is 4.74 Å². The number of benzene rings is 1. The van der Waals surface area contributed by atoms with Crippen molar-refractivity contribution in [3.8, 4) is 5.75 Å². The van der Waals surface area contributed by atoms with Crippen molar-refractivity contribution in [2.45, 2.75) is 58.0 Å². The Morgan fingerprint density at radius 3 is 2.56 bits per heavy atom. The van der Waals surface area contributed by atoms with Gasteiger partial charge in [-0.05, 0) is 43.9 Å². The van der Waals surface area contributed by atoms with Gasteiger partial charge in [-0.1, -0.05) is 25.3 Å². The molecular weight excluding hydrogens is 224 g/mol. The number of ether oxygens (including phenoxy) is 1. The Morgan fingerprint density at radius 2 is 1.83 bits per heavy atom. The van der Waals surface area contributed by atoms with E-state index in [-0.39, 0.29) is 12.0 Å². The maximum atomic E-state index is 10.4. The molecule has 0 aliphatic heterocycles. The van der Waals surface area contributed by atoms with Crippen LogP contribution in [-0.4, -0.2) is 18.3 Å². The van der Waals surface area contributed by atoms with Gasteiger partial charge in [0.2, 0.25) is 0 Å². The van der Waals surface area contributed by atoms with Crippen LogP contribution >= 0.6 is 0 Å². The quantitative estimate of drug-likeness (QED) is 0.808. The molecule has 18 heavy (non-hydrogen) atoms. The molecule has 1 aromatic rings. The number of aliphatic hydroxyl groups is 1. The van der Waals surface area contributed by atoms with Gasteiger partial charge in [0, 0.05) is 11.5 Å². The number of aliphatic hydroxyl groups excluding tert-OH is 1. The van der Waals surface area contributed by atoms with E-state index in [2.05, 4.69) is 26.0 Å². The summed E-state index contributed by atoms with van der Waals surface area (Å²) in [5, 5.41) is 10.4. The third-order valence-electron chi connectivity index (χ3n) is 4.06. The molecule has 1 aromatic carbocycles. The van der Waals surface area contributed by atoms with Crippen molar-refractivity contribution in [2.75, 3.05) is 7.11 Å². The first-order valence-electron chi connectivity index (χ1n) is 6.96. The van der Waals surface area contributed by atoms with Crippen molar-refractivity contribution in [1.82, 2.24) is 0 Å². The molecule has 0 radical (unpaired) electrons. The standard InChI is InChI=1S/C16H24O2/c1-11-9-12(2)16(15(10-11)18-3)13-7-5-4-6-8-14(13)17/h9-10,13-14,17H,4-8H2,1-3H3. The molecule has 1 saturated carbocycles. The second-order valence-corrected chi connectivity index (χ2v) is 5.51. The third kappa shape index (κ3) is 2.69. The molecule has 100 valence electrons. The Bertz CT molecular complexity index is 412. The van der Waals surface area contributed by atoms with Crippen LogP contribution in [0.3, 0.4) is 0 Å². The first kappa shape index (κ1) is 13.4. The van der Waals surface area contributed by atoms with Crippen LogP contribution in [0.25, 0.3) is 0 Å². The minimum absolute atomic E-state index is 0.220. The smallest absolute Gasteiger partial charge is 0.122 e. The average Bonchev–Trinajstić information content (AvgIpc) is 2.53. The van der Waals surface area contributed by atoms with Gasteiger partial charge < -0.3 is 9.84 Å². The summed E-state index contributed by atoms with van der Waals surface area (Å²) in [6.45, 7) is 4.21. The van der Waals surface area contributed by atoms with Gasteiger partial charge in [-0.3, -0.25) is 0 Å². The zero-order valence-electron chi connectivity index (χ0n) is 11.7. The largest absolute Gasteiger partial charge is 0.496 e. The number of rotatable bonds is 2. The predicted molar refractivity (Wildman–Crippen MR) is 74.3 cm³/mol. The van der Waals surface area contributed by atoms with E-state index in [0.29, 0.717) is 0 Å². The second-order valence-electron chi connectivity index (χ2n) is 5.51. The fourth-order valence-corrected chi connectivity index (χ4v) is 3.21. The molecule has 1 N–H and O–H groups in total. The molecule has 2 rings (SSSR count). The Labute approximate surface area is 110 Å².